The van der Waals surface area contributed by atoms with Gasteiger partial charge in [-0.1, -0.05) is 49.2 Å². The molecule has 0 saturated heterocycles. The number of carboxylic acid groups (broad SMARTS) is 1. The Labute approximate surface area is 176 Å². The number of pyridine rings is 2. The number of nitrogens with zero attached hydrogens (tertiary/aromatic N) is 4. The molecule has 2 aromatic rings. The van der Waals surface area contributed by atoms with Crippen molar-refractivity contribution in [2.24, 2.45) is 10.9 Å². The number of allylic oxidation sites excluding steroid dienone is 1. The smallest absolute Gasteiger partial charge is 0.344 e. The van der Waals surface area contributed by atoms with Gasteiger partial charge < -0.3 is 10.0 Å². The molecule has 1 N–H and O–H groups in total. The quantitative estimate of drug-likeness (QED) is 0.686. The molecule has 4 rings (SSSR count). The first-order valence-corrected chi connectivity index (χ1v) is 10.2. The third-order valence-corrected chi connectivity index (χ3v) is 6.16. The van der Waals surface area contributed by atoms with E-state index < -0.39 is 5.97 Å². The summed E-state index contributed by atoms with van der Waals surface area (Å²) >= 11 is 13.1. The van der Waals surface area contributed by atoms with Gasteiger partial charge >= 0.3 is 5.97 Å². The molecule has 2 unspecified atom stereocenters. The Balaban J connectivity index is 1.85. The van der Waals surface area contributed by atoms with Crippen LogP contribution in [0.1, 0.15) is 37.1 Å². The fourth-order valence-corrected chi connectivity index (χ4v) is 4.91. The van der Waals surface area contributed by atoms with Crippen molar-refractivity contribution in [1.29, 1.82) is 0 Å². The van der Waals surface area contributed by atoms with E-state index in [0.29, 0.717) is 20.4 Å². The fourth-order valence-electron chi connectivity index (χ4n) is 3.50. The number of amidine groups is 1. The summed E-state index contributed by atoms with van der Waals surface area (Å²) in [6, 6.07) is 6.74. The van der Waals surface area contributed by atoms with Crippen molar-refractivity contribution in [1.82, 2.24) is 14.9 Å². The number of aliphatic imine (C=N–C) groups is 1. The summed E-state index contributed by atoms with van der Waals surface area (Å²) in [7, 11) is 0. The second kappa shape index (κ2) is 7.39. The second-order valence-electron chi connectivity index (χ2n) is 6.78. The molecule has 0 amide bonds. The van der Waals surface area contributed by atoms with Crippen LogP contribution in [0.3, 0.4) is 0 Å². The zero-order chi connectivity index (χ0) is 20.0. The Bertz CT molecular complexity index is 990. The summed E-state index contributed by atoms with van der Waals surface area (Å²) < 4.78 is 0. The van der Waals surface area contributed by atoms with Crippen molar-refractivity contribution < 1.29 is 9.90 Å². The lowest BCUT2D eigenvalue weighted by Crippen LogP contribution is -2.29. The molecule has 9 heteroatoms. The van der Waals surface area contributed by atoms with Crippen LogP contribution in [0, 0.1) is 5.92 Å². The Morgan fingerprint density at radius 3 is 2.21 bits per heavy atom. The van der Waals surface area contributed by atoms with Gasteiger partial charge in [0.25, 0.3) is 0 Å². The van der Waals surface area contributed by atoms with Gasteiger partial charge in [-0.2, -0.15) is 0 Å². The van der Waals surface area contributed by atoms with Gasteiger partial charge in [-0.05, 0) is 40.9 Å². The number of aromatic nitrogens is 2. The van der Waals surface area contributed by atoms with Crippen LogP contribution in [-0.2, 0) is 4.79 Å². The first-order chi connectivity index (χ1) is 13.4. The van der Waals surface area contributed by atoms with E-state index in [1.54, 1.807) is 24.5 Å². The molecule has 2 aliphatic heterocycles. The van der Waals surface area contributed by atoms with E-state index in [4.69, 9.17) is 28.2 Å². The molecule has 0 bridgehead atoms. The molecule has 0 aliphatic carbocycles. The van der Waals surface area contributed by atoms with Crippen LogP contribution < -0.4 is 0 Å². The minimum atomic E-state index is -0.941. The van der Waals surface area contributed by atoms with E-state index in [1.807, 2.05) is 30.9 Å². The maximum Gasteiger partial charge on any atom is 0.344 e. The summed E-state index contributed by atoms with van der Waals surface area (Å²) in [5, 5.41) is 11.2. The summed E-state index contributed by atoms with van der Waals surface area (Å²) in [6.07, 6.45) is 3.42. The molecule has 0 fully saturated rings. The first kappa shape index (κ1) is 19.2. The minimum Gasteiger partial charge on any atom is -0.477 e. The fraction of sp³-hybridized carbons (Fsp3) is 0.263. The SMILES string of the molecule is CC(C)C1=C(C(=O)O)SC2=NC(c3ccc(Cl)nc3)C(c3ccc(Cl)nc3)N21. The molecule has 144 valence electrons. The van der Waals surface area contributed by atoms with Crippen LogP contribution in [0.5, 0.6) is 0 Å². The second-order valence-corrected chi connectivity index (χ2v) is 8.53. The van der Waals surface area contributed by atoms with Gasteiger partial charge in [-0.25, -0.2) is 14.8 Å². The number of thioether (sulfide) groups is 1. The lowest BCUT2D eigenvalue weighted by molar-refractivity contribution is -0.131. The van der Waals surface area contributed by atoms with E-state index in [1.165, 1.54) is 11.8 Å². The highest BCUT2D eigenvalue weighted by Gasteiger charge is 2.47. The Hall–Kier alpha value is -2.09. The minimum absolute atomic E-state index is 0.0103. The molecule has 0 radical (unpaired) electrons. The molecule has 4 heterocycles. The highest BCUT2D eigenvalue weighted by molar-refractivity contribution is 8.18. The normalized spacial score (nSPS) is 21.3. The van der Waals surface area contributed by atoms with Gasteiger partial charge in [0.2, 0.25) is 0 Å². The summed E-state index contributed by atoms with van der Waals surface area (Å²) in [5.41, 5.74) is 2.54. The molecule has 28 heavy (non-hydrogen) atoms. The van der Waals surface area contributed by atoms with E-state index in [0.717, 1.165) is 16.8 Å². The topological polar surface area (TPSA) is 78.7 Å². The van der Waals surface area contributed by atoms with Gasteiger partial charge in [0.1, 0.15) is 21.3 Å². The average molecular weight is 435 g/mol. The largest absolute Gasteiger partial charge is 0.477 e. The lowest BCUT2D eigenvalue weighted by Gasteiger charge is -2.31. The van der Waals surface area contributed by atoms with Crippen LogP contribution in [0.2, 0.25) is 10.3 Å². The Kier molecular flexibility index (Phi) is 5.07. The van der Waals surface area contributed by atoms with Gasteiger partial charge in [0, 0.05) is 18.1 Å². The third-order valence-electron chi connectivity index (χ3n) is 4.64. The maximum atomic E-state index is 11.8. The van der Waals surface area contributed by atoms with Crippen molar-refractivity contribution in [2.75, 3.05) is 0 Å². The molecule has 0 spiro atoms. The van der Waals surface area contributed by atoms with Crippen LogP contribution in [0.15, 0.2) is 52.3 Å². The molecule has 0 aromatic carbocycles. The van der Waals surface area contributed by atoms with Crippen molar-refractivity contribution in [3.8, 4) is 0 Å². The number of carboxylic acids is 1. The zero-order valence-corrected chi connectivity index (χ0v) is 17.3. The Morgan fingerprint density at radius 2 is 1.71 bits per heavy atom. The number of fused-ring (bicyclic) bond motifs is 1. The van der Waals surface area contributed by atoms with Crippen molar-refractivity contribution in [3.05, 3.63) is 68.7 Å². The number of carbonyl (C=O) groups is 1. The molecular weight excluding hydrogens is 419 g/mol. The van der Waals surface area contributed by atoms with Crippen LogP contribution in [-0.4, -0.2) is 31.1 Å². The standard InChI is InChI=1S/C19H16Cl2N4O2S/c1-9(2)15-17(18(26)27)28-19-24-14(10-3-5-12(20)22-7-10)16(25(15)19)11-4-6-13(21)23-8-11/h3-9,14,16H,1-2H3,(H,26,27). The number of hydrogen-bond acceptors (Lipinski definition) is 6. The number of aliphatic carboxylic acids is 1. The molecule has 2 aliphatic rings. The van der Waals surface area contributed by atoms with Crippen molar-refractivity contribution in [2.45, 2.75) is 25.9 Å². The molecule has 0 saturated carbocycles. The lowest BCUT2D eigenvalue weighted by atomic mass is 9.94. The van der Waals surface area contributed by atoms with E-state index in [9.17, 15) is 9.90 Å². The van der Waals surface area contributed by atoms with E-state index in [2.05, 4.69) is 9.97 Å². The van der Waals surface area contributed by atoms with Gasteiger partial charge in [-0.3, -0.25) is 4.99 Å². The maximum absolute atomic E-state index is 11.8. The highest BCUT2D eigenvalue weighted by atomic mass is 35.5. The first-order valence-electron chi connectivity index (χ1n) is 8.62. The molecule has 6 nitrogen and oxygen atoms in total. The highest BCUT2D eigenvalue weighted by Crippen LogP contribution is 2.53. The van der Waals surface area contributed by atoms with Crippen LogP contribution in [0.4, 0.5) is 0 Å². The molecule has 2 aromatic heterocycles. The van der Waals surface area contributed by atoms with Crippen molar-refractivity contribution >= 4 is 46.1 Å². The van der Waals surface area contributed by atoms with Gasteiger partial charge in [0.15, 0.2) is 5.17 Å². The zero-order valence-electron chi connectivity index (χ0n) is 15.0. The number of halogens is 2. The van der Waals surface area contributed by atoms with Gasteiger partial charge in [0.05, 0.1) is 6.04 Å². The summed E-state index contributed by atoms with van der Waals surface area (Å²) in [6.45, 7) is 3.96. The summed E-state index contributed by atoms with van der Waals surface area (Å²) in [5.74, 6) is -0.931. The van der Waals surface area contributed by atoms with Crippen LogP contribution in [0.25, 0.3) is 0 Å². The monoisotopic (exact) mass is 434 g/mol. The number of hydrogen-bond donors (Lipinski definition) is 1. The van der Waals surface area contributed by atoms with E-state index >= 15 is 0 Å². The predicted octanol–water partition coefficient (Wildman–Crippen LogP) is 4.94. The van der Waals surface area contributed by atoms with Crippen LogP contribution >= 0.6 is 35.0 Å². The third kappa shape index (κ3) is 3.27. The van der Waals surface area contributed by atoms with E-state index in [-0.39, 0.29) is 18.0 Å². The van der Waals surface area contributed by atoms with Crippen molar-refractivity contribution in [3.63, 3.8) is 0 Å². The molecular formula is C19H16Cl2N4O2S. The average Bonchev–Trinajstić information content (AvgIpc) is 3.19. The summed E-state index contributed by atoms with van der Waals surface area (Å²) in [4.78, 5) is 27.4. The Morgan fingerprint density at radius 1 is 1.11 bits per heavy atom. The molecule has 2 atom stereocenters. The number of rotatable bonds is 4. The predicted molar refractivity (Wildman–Crippen MR) is 110 cm³/mol. The van der Waals surface area contributed by atoms with Gasteiger partial charge in [-0.15, -0.1) is 0 Å².